The standard InChI is InChI=1S/C16H22N4O4/c1-11-9-19(2)16(17-11)13-10-20(6-7-23-13)15(21)5-4-12-8-14(22-3)18-24-12/h8-9,13H,4-7,10H2,1-3H3/t13-/m0/s1. The Morgan fingerprint density at radius 3 is 3.00 bits per heavy atom. The average Bonchev–Trinajstić information content (AvgIpc) is 3.18. The normalized spacial score (nSPS) is 18.0. The molecule has 0 saturated carbocycles. The van der Waals surface area contributed by atoms with Gasteiger partial charge in [0, 0.05) is 38.7 Å². The van der Waals surface area contributed by atoms with E-state index in [0.717, 1.165) is 11.5 Å². The molecule has 3 rings (SSSR count). The maximum atomic E-state index is 12.5. The van der Waals surface area contributed by atoms with Crippen molar-refractivity contribution in [2.45, 2.75) is 25.9 Å². The zero-order valence-corrected chi connectivity index (χ0v) is 14.2. The van der Waals surface area contributed by atoms with Crippen LogP contribution >= 0.6 is 0 Å². The molecular formula is C16H22N4O4. The van der Waals surface area contributed by atoms with Crippen molar-refractivity contribution in [3.8, 4) is 5.88 Å². The highest BCUT2D eigenvalue weighted by atomic mass is 16.5. The Morgan fingerprint density at radius 2 is 2.33 bits per heavy atom. The van der Waals surface area contributed by atoms with Crippen molar-refractivity contribution in [3.63, 3.8) is 0 Å². The fourth-order valence-electron chi connectivity index (χ4n) is 2.86. The Labute approximate surface area is 140 Å². The van der Waals surface area contributed by atoms with E-state index < -0.39 is 0 Å². The van der Waals surface area contributed by atoms with Crippen LogP contribution in [0.4, 0.5) is 0 Å². The van der Waals surface area contributed by atoms with Gasteiger partial charge in [0.25, 0.3) is 5.88 Å². The Balaban J connectivity index is 1.57. The van der Waals surface area contributed by atoms with Crippen molar-refractivity contribution in [3.05, 3.63) is 29.5 Å². The lowest BCUT2D eigenvalue weighted by molar-refractivity contribution is -0.139. The number of morpholine rings is 1. The lowest BCUT2D eigenvalue weighted by Crippen LogP contribution is -2.42. The maximum absolute atomic E-state index is 12.5. The summed E-state index contributed by atoms with van der Waals surface area (Å²) in [6.07, 6.45) is 2.63. The van der Waals surface area contributed by atoms with Crippen LogP contribution in [-0.2, 0) is 23.0 Å². The summed E-state index contributed by atoms with van der Waals surface area (Å²) >= 11 is 0. The highest BCUT2D eigenvalue weighted by molar-refractivity contribution is 5.76. The molecular weight excluding hydrogens is 312 g/mol. The van der Waals surface area contributed by atoms with Gasteiger partial charge in [-0.3, -0.25) is 4.79 Å². The number of nitrogens with zero attached hydrogens (tertiary/aromatic N) is 4. The van der Waals surface area contributed by atoms with Crippen LogP contribution in [0.15, 0.2) is 16.8 Å². The third-order valence-corrected chi connectivity index (χ3v) is 4.07. The van der Waals surface area contributed by atoms with Gasteiger partial charge < -0.3 is 23.5 Å². The lowest BCUT2D eigenvalue weighted by atomic mass is 10.2. The zero-order valence-electron chi connectivity index (χ0n) is 14.2. The van der Waals surface area contributed by atoms with Crippen LogP contribution in [0.25, 0.3) is 0 Å². The number of amides is 1. The van der Waals surface area contributed by atoms with E-state index in [4.69, 9.17) is 14.0 Å². The number of rotatable bonds is 5. The summed E-state index contributed by atoms with van der Waals surface area (Å²) in [5.41, 5.74) is 0.943. The van der Waals surface area contributed by atoms with Gasteiger partial charge in [-0.25, -0.2) is 4.98 Å². The Kier molecular flexibility index (Phi) is 4.84. The van der Waals surface area contributed by atoms with Gasteiger partial charge in [0.1, 0.15) is 17.7 Å². The van der Waals surface area contributed by atoms with Crippen molar-refractivity contribution >= 4 is 5.91 Å². The monoisotopic (exact) mass is 334 g/mol. The van der Waals surface area contributed by atoms with E-state index in [0.29, 0.717) is 44.2 Å². The van der Waals surface area contributed by atoms with Gasteiger partial charge in [-0.05, 0) is 12.1 Å². The second-order valence-electron chi connectivity index (χ2n) is 5.89. The predicted molar refractivity (Wildman–Crippen MR) is 84.6 cm³/mol. The number of aryl methyl sites for hydroxylation is 3. The first-order chi connectivity index (χ1) is 11.6. The minimum Gasteiger partial charge on any atom is -0.479 e. The Hall–Kier alpha value is -2.35. The van der Waals surface area contributed by atoms with Gasteiger partial charge in [0.05, 0.1) is 26.0 Å². The van der Waals surface area contributed by atoms with Gasteiger partial charge in [-0.1, -0.05) is 0 Å². The molecule has 0 aliphatic carbocycles. The molecule has 2 aromatic rings. The van der Waals surface area contributed by atoms with Crippen molar-refractivity contribution in [2.75, 3.05) is 26.8 Å². The summed E-state index contributed by atoms with van der Waals surface area (Å²) in [7, 11) is 3.47. The third-order valence-electron chi connectivity index (χ3n) is 4.07. The number of ether oxygens (including phenoxy) is 2. The smallest absolute Gasteiger partial charge is 0.254 e. The second kappa shape index (κ2) is 7.04. The van der Waals surface area contributed by atoms with Crippen LogP contribution in [0.5, 0.6) is 5.88 Å². The molecule has 1 atom stereocenters. The van der Waals surface area contributed by atoms with Crippen molar-refractivity contribution in [2.24, 2.45) is 7.05 Å². The minimum absolute atomic E-state index is 0.0737. The van der Waals surface area contributed by atoms with E-state index >= 15 is 0 Å². The molecule has 1 aliphatic heterocycles. The van der Waals surface area contributed by atoms with E-state index in [1.807, 2.05) is 29.6 Å². The summed E-state index contributed by atoms with van der Waals surface area (Å²) in [5, 5.41) is 3.74. The number of carbonyl (C=O) groups is 1. The van der Waals surface area contributed by atoms with Gasteiger partial charge in [0.2, 0.25) is 5.91 Å². The molecule has 8 nitrogen and oxygen atoms in total. The molecule has 1 saturated heterocycles. The fraction of sp³-hybridized carbons (Fsp3) is 0.562. The number of methoxy groups -OCH3 is 1. The van der Waals surface area contributed by atoms with Crippen molar-refractivity contribution in [1.29, 1.82) is 0 Å². The fourth-order valence-corrected chi connectivity index (χ4v) is 2.86. The summed E-state index contributed by atoms with van der Waals surface area (Å²) < 4.78 is 17.8. The quantitative estimate of drug-likeness (QED) is 0.818. The van der Waals surface area contributed by atoms with E-state index in [9.17, 15) is 4.79 Å². The van der Waals surface area contributed by atoms with E-state index in [-0.39, 0.29) is 12.0 Å². The van der Waals surface area contributed by atoms with Crippen LogP contribution in [0.1, 0.15) is 29.8 Å². The van der Waals surface area contributed by atoms with Crippen LogP contribution in [0, 0.1) is 6.92 Å². The van der Waals surface area contributed by atoms with Crippen LogP contribution in [0.3, 0.4) is 0 Å². The molecule has 24 heavy (non-hydrogen) atoms. The first kappa shape index (κ1) is 16.5. The van der Waals surface area contributed by atoms with Gasteiger partial charge in [-0.2, -0.15) is 0 Å². The second-order valence-corrected chi connectivity index (χ2v) is 5.89. The van der Waals surface area contributed by atoms with E-state index in [1.54, 1.807) is 6.07 Å². The molecule has 1 fully saturated rings. The van der Waals surface area contributed by atoms with Crippen LogP contribution in [-0.4, -0.2) is 52.3 Å². The number of carbonyl (C=O) groups excluding carboxylic acids is 1. The minimum atomic E-state index is -0.188. The van der Waals surface area contributed by atoms with E-state index in [2.05, 4.69) is 10.1 Å². The first-order valence-corrected chi connectivity index (χ1v) is 7.95. The zero-order chi connectivity index (χ0) is 17.1. The summed E-state index contributed by atoms with van der Waals surface area (Å²) in [6.45, 7) is 3.57. The number of hydrogen-bond donors (Lipinski definition) is 0. The molecule has 0 radical (unpaired) electrons. The molecule has 0 N–H and O–H groups in total. The first-order valence-electron chi connectivity index (χ1n) is 7.95. The molecule has 0 unspecified atom stereocenters. The molecule has 1 aliphatic rings. The molecule has 3 heterocycles. The molecule has 0 bridgehead atoms. The summed E-state index contributed by atoms with van der Waals surface area (Å²) in [6, 6.07) is 1.70. The molecule has 2 aromatic heterocycles. The van der Waals surface area contributed by atoms with Crippen molar-refractivity contribution in [1.82, 2.24) is 19.6 Å². The third kappa shape index (κ3) is 3.59. The predicted octanol–water partition coefficient (Wildman–Crippen LogP) is 1.26. The van der Waals surface area contributed by atoms with Gasteiger partial charge in [0.15, 0.2) is 0 Å². The van der Waals surface area contributed by atoms with Gasteiger partial charge in [-0.15, -0.1) is 0 Å². The Morgan fingerprint density at radius 1 is 1.50 bits per heavy atom. The molecule has 8 heteroatoms. The molecule has 0 aromatic carbocycles. The van der Waals surface area contributed by atoms with Crippen LogP contribution in [0.2, 0.25) is 0 Å². The highest BCUT2D eigenvalue weighted by Gasteiger charge is 2.28. The largest absolute Gasteiger partial charge is 0.479 e. The maximum Gasteiger partial charge on any atom is 0.254 e. The Bertz CT molecular complexity index is 709. The number of hydrogen-bond acceptors (Lipinski definition) is 6. The molecule has 130 valence electrons. The number of aromatic nitrogens is 3. The average molecular weight is 334 g/mol. The van der Waals surface area contributed by atoms with Crippen LogP contribution < -0.4 is 4.74 Å². The van der Waals surface area contributed by atoms with Gasteiger partial charge >= 0.3 is 0 Å². The van der Waals surface area contributed by atoms with Crippen molar-refractivity contribution < 1.29 is 18.8 Å². The topological polar surface area (TPSA) is 82.6 Å². The van der Waals surface area contributed by atoms with E-state index in [1.165, 1.54) is 7.11 Å². The highest BCUT2D eigenvalue weighted by Crippen LogP contribution is 2.22. The number of imidazole rings is 1. The molecule has 1 amide bonds. The lowest BCUT2D eigenvalue weighted by Gasteiger charge is -2.32. The summed E-state index contributed by atoms with van der Waals surface area (Å²) in [5.74, 6) is 1.99. The SMILES string of the molecule is COc1cc(CCC(=O)N2CCO[C@H](c3nc(C)cn3C)C2)on1. The summed E-state index contributed by atoms with van der Waals surface area (Å²) in [4.78, 5) is 18.8. The molecule has 0 spiro atoms.